The normalized spacial score (nSPS) is 10.7. The van der Waals surface area contributed by atoms with Gasteiger partial charge in [-0.2, -0.15) is 4.39 Å². The molecule has 0 spiro atoms. The molecule has 1 amide bonds. The predicted octanol–water partition coefficient (Wildman–Crippen LogP) is 1.87. The van der Waals surface area contributed by atoms with Crippen LogP contribution in [0.15, 0.2) is 12.3 Å². The molecule has 0 aromatic carbocycles. The van der Waals surface area contributed by atoms with Gasteiger partial charge in [-0.25, -0.2) is 9.37 Å². The minimum atomic E-state index is -1.28. The lowest BCUT2D eigenvalue weighted by Gasteiger charge is -2.22. The molecule has 0 aliphatic rings. The average molecular weight is 302 g/mol. The highest BCUT2D eigenvalue weighted by atomic mass is 19.2. The lowest BCUT2D eigenvalue weighted by Crippen LogP contribution is -2.37. The Morgan fingerprint density at radius 2 is 1.76 bits per heavy atom. The van der Waals surface area contributed by atoms with Crippen LogP contribution in [0.2, 0.25) is 0 Å². The van der Waals surface area contributed by atoms with Crippen molar-refractivity contribution in [3.8, 4) is 0 Å². The van der Waals surface area contributed by atoms with Gasteiger partial charge in [0.25, 0.3) is 5.91 Å². The molecule has 1 heterocycles. The van der Waals surface area contributed by atoms with E-state index in [-0.39, 0.29) is 18.7 Å². The summed E-state index contributed by atoms with van der Waals surface area (Å²) >= 11 is 0. The molecule has 1 aromatic rings. The zero-order valence-electron chi connectivity index (χ0n) is 12.3. The second-order valence-corrected chi connectivity index (χ2v) is 4.15. The van der Waals surface area contributed by atoms with E-state index >= 15 is 0 Å². The van der Waals surface area contributed by atoms with Crippen LogP contribution in [0.1, 0.15) is 24.2 Å². The molecule has 0 saturated heterocycles. The number of aromatic nitrogens is 1. The van der Waals surface area contributed by atoms with Crippen molar-refractivity contribution in [2.45, 2.75) is 13.8 Å². The summed E-state index contributed by atoms with van der Waals surface area (Å²) in [5.41, 5.74) is -0.338. The van der Waals surface area contributed by atoms with Gasteiger partial charge >= 0.3 is 0 Å². The fourth-order valence-corrected chi connectivity index (χ4v) is 1.71. The number of nitrogens with zero attached hydrogens (tertiary/aromatic N) is 2. The fourth-order valence-electron chi connectivity index (χ4n) is 1.71. The fraction of sp³-hybridized carbons (Fsp3) is 0.571. The molecule has 21 heavy (non-hydrogen) atoms. The zero-order valence-corrected chi connectivity index (χ0v) is 12.3. The van der Waals surface area contributed by atoms with Gasteiger partial charge in [-0.15, -0.1) is 0 Å². The highest BCUT2D eigenvalue weighted by Crippen LogP contribution is 2.12. The molecular weight excluding hydrogens is 282 g/mol. The van der Waals surface area contributed by atoms with E-state index in [2.05, 4.69) is 4.98 Å². The monoisotopic (exact) mass is 302 g/mol. The van der Waals surface area contributed by atoms with E-state index in [9.17, 15) is 13.6 Å². The molecule has 0 fully saturated rings. The Balaban J connectivity index is 2.79. The van der Waals surface area contributed by atoms with Gasteiger partial charge in [0.2, 0.25) is 5.95 Å². The van der Waals surface area contributed by atoms with E-state index in [4.69, 9.17) is 9.47 Å². The first-order valence-electron chi connectivity index (χ1n) is 6.86. The van der Waals surface area contributed by atoms with Crippen molar-refractivity contribution >= 4 is 5.91 Å². The van der Waals surface area contributed by atoms with Gasteiger partial charge in [0.15, 0.2) is 5.82 Å². The highest BCUT2D eigenvalue weighted by Gasteiger charge is 2.21. The van der Waals surface area contributed by atoms with Crippen LogP contribution in [-0.4, -0.2) is 55.3 Å². The maximum absolute atomic E-state index is 13.6. The van der Waals surface area contributed by atoms with E-state index < -0.39 is 17.7 Å². The maximum Gasteiger partial charge on any atom is 0.257 e. The third kappa shape index (κ3) is 5.35. The zero-order chi connectivity index (χ0) is 15.7. The van der Waals surface area contributed by atoms with Crippen LogP contribution in [0.25, 0.3) is 0 Å². The summed E-state index contributed by atoms with van der Waals surface area (Å²) in [7, 11) is 0. The van der Waals surface area contributed by atoms with Crippen LogP contribution in [0, 0.1) is 11.8 Å². The molecule has 5 nitrogen and oxygen atoms in total. The molecule has 7 heteroatoms. The van der Waals surface area contributed by atoms with Gasteiger partial charge in [-0.3, -0.25) is 4.79 Å². The van der Waals surface area contributed by atoms with Gasteiger partial charge in [0.1, 0.15) is 0 Å². The summed E-state index contributed by atoms with van der Waals surface area (Å²) in [4.78, 5) is 16.8. The lowest BCUT2D eigenvalue weighted by molar-refractivity contribution is 0.0545. The number of hydrogen-bond acceptors (Lipinski definition) is 4. The van der Waals surface area contributed by atoms with Gasteiger partial charge in [-0.1, -0.05) is 0 Å². The average Bonchev–Trinajstić information content (AvgIpc) is 2.48. The van der Waals surface area contributed by atoms with Gasteiger partial charge in [-0.05, 0) is 19.9 Å². The van der Waals surface area contributed by atoms with Crippen molar-refractivity contribution in [1.29, 1.82) is 0 Å². The van der Waals surface area contributed by atoms with Crippen LogP contribution in [0.5, 0.6) is 0 Å². The third-order valence-electron chi connectivity index (χ3n) is 2.78. The molecule has 1 rings (SSSR count). The Kier molecular flexibility index (Phi) is 7.78. The van der Waals surface area contributed by atoms with Crippen molar-refractivity contribution < 1.29 is 23.0 Å². The van der Waals surface area contributed by atoms with E-state index in [0.717, 1.165) is 12.3 Å². The topological polar surface area (TPSA) is 51.7 Å². The number of rotatable bonds is 9. The number of amides is 1. The number of hydrogen-bond donors (Lipinski definition) is 0. The van der Waals surface area contributed by atoms with Crippen LogP contribution < -0.4 is 0 Å². The van der Waals surface area contributed by atoms with Crippen LogP contribution in [0.3, 0.4) is 0 Å². The molecule has 0 aliphatic heterocycles. The number of pyridine rings is 1. The maximum atomic E-state index is 13.6. The molecule has 0 aliphatic carbocycles. The van der Waals surface area contributed by atoms with Gasteiger partial charge < -0.3 is 14.4 Å². The van der Waals surface area contributed by atoms with Crippen molar-refractivity contribution in [3.63, 3.8) is 0 Å². The minimum Gasteiger partial charge on any atom is -0.380 e. The molecule has 0 bridgehead atoms. The first-order chi connectivity index (χ1) is 10.1. The van der Waals surface area contributed by atoms with Gasteiger partial charge in [0, 0.05) is 32.5 Å². The van der Waals surface area contributed by atoms with Crippen molar-refractivity contribution in [1.82, 2.24) is 9.88 Å². The molecule has 118 valence electrons. The number of ether oxygens (including phenoxy) is 2. The Hall–Kier alpha value is -1.60. The van der Waals surface area contributed by atoms with E-state index in [1.807, 2.05) is 13.8 Å². The summed E-state index contributed by atoms with van der Waals surface area (Å²) in [6.45, 7) is 5.92. The molecular formula is C14H20F2N2O3. The summed E-state index contributed by atoms with van der Waals surface area (Å²) in [5, 5.41) is 0. The third-order valence-corrected chi connectivity index (χ3v) is 2.78. The first-order valence-corrected chi connectivity index (χ1v) is 6.86. The molecule has 0 radical (unpaired) electrons. The molecule has 0 N–H and O–H groups in total. The molecule has 0 unspecified atom stereocenters. The summed E-state index contributed by atoms with van der Waals surface area (Å²) in [5.74, 6) is -3.12. The second-order valence-electron chi connectivity index (χ2n) is 4.15. The van der Waals surface area contributed by atoms with Crippen molar-refractivity contribution in [3.05, 3.63) is 29.6 Å². The SMILES string of the molecule is CCOCCN(CCOCC)C(=O)c1ccnc(F)c1F. The van der Waals surface area contributed by atoms with Crippen molar-refractivity contribution in [2.24, 2.45) is 0 Å². The number of carbonyl (C=O) groups excluding carboxylic acids is 1. The van der Waals surface area contributed by atoms with Crippen molar-refractivity contribution in [2.75, 3.05) is 39.5 Å². The second kappa shape index (κ2) is 9.36. The van der Waals surface area contributed by atoms with E-state index in [0.29, 0.717) is 26.4 Å². The van der Waals surface area contributed by atoms with Crippen LogP contribution >= 0.6 is 0 Å². The Morgan fingerprint density at radius 3 is 2.29 bits per heavy atom. The Labute approximate surface area is 122 Å². The highest BCUT2D eigenvalue weighted by molar-refractivity contribution is 5.94. The van der Waals surface area contributed by atoms with Crippen LogP contribution in [-0.2, 0) is 9.47 Å². The molecule has 1 aromatic heterocycles. The minimum absolute atomic E-state index is 0.281. The summed E-state index contributed by atoms with van der Waals surface area (Å²) in [6, 6.07) is 1.16. The predicted molar refractivity (Wildman–Crippen MR) is 73.0 cm³/mol. The quantitative estimate of drug-likeness (QED) is 0.516. The van der Waals surface area contributed by atoms with Crippen LogP contribution in [0.4, 0.5) is 8.78 Å². The summed E-state index contributed by atoms with van der Waals surface area (Å²) < 4.78 is 37.1. The smallest absolute Gasteiger partial charge is 0.257 e. The standard InChI is InChI=1S/C14H20F2N2O3/c1-3-20-9-7-18(8-10-21-4-2)14(19)11-5-6-17-13(16)12(11)15/h5-6H,3-4,7-10H2,1-2H3. The number of carbonyl (C=O) groups is 1. The van der Waals surface area contributed by atoms with E-state index in [1.165, 1.54) is 4.90 Å². The largest absolute Gasteiger partial charge is 0.380 e. The molecule has 0 saturated carbocycles. The lowest BCUT2D eigenvalue weighted by atomic mass is 10.2. The Morgan fingerprint density at radius 1 is 1.19 bits per heavy atom. The summed E-state index contributed by atoms with van der Waals surface area (Å²) in [6.07, 6.45) is 1.06. The Bertz CT molecular complexity index is 448. The molecule has 0 atom stereocenters. The number of halogens is 2. The first kappa shape index (κ1) is 17.5. The van der Waals surface area contributed by atoms with E-state index in [1.54, 1.807) is 0 Å². The van der Waals surface area contributed by atoms with Gasteiger partial charge in [0.05, 0.1) is 18.8 Å².